The number of aromatic nitrogens is 1. The van der Waals surface area contributed by atoms with E-state index in [0.29, 0.717) is 12.5 Å². The first-order valence-corrected chi connectivity index (χ1v) is 7.97. The molecule has 1 saturated heterocycles. The lowest BCUT2D eigenvalue weighted by molar-refractivity contribution is 0.248. The van der Waals surface area contributed by atoms with Gasteiger partial charge < -0.3 is 9.52 Å². The summed E-state index contributed by atoms with van der Waals surface area (Å²) in [5.74, 6) is 2.28. The number of oxazole rings is 1. The highest BCUT2D eigenvalue weighted by molar-refractivity contribution is 7.13. The van der Waals surface area contributed by atoms with Crippen LogP contribution >= 0.6 is 11.3 Å². The number of hydrogen-bond acceptors (Lipinski definition) is 5. The number of aryl methyl sites for hydroxylation is 1. The highest BCUT2D eigenvalue weighted by atomic mass is 32.1. The highest BCUT2D eigenvalue weighted by Crippen LogP contribution is 2.27. The molecule has 2 aromatic heterocycles. The Morgan fingerprint density at radius 1 is 1.55 bits per heavy atom. The average molecular weight is 292 g/mol. The fraction of sp³-hybridized carbons (Fsp3) is 0.533. The van der Waals surface area contributed by atoms with Crippen molar-refractivity contribution in [2.24, 2.45) is 5.92 Å². The van der Waals surface area contributed by atoms with Crippen LogP contribution in [0, 0.1) is 12.8 Å². The van der Waals surface area contributed by atoms with Crippen molar-refractivity contribution in [2.45, 2.75) is 26.3 Å². The maximum atomic E-state index is 9.01. The normalized spacial score (nSPS) is 19.8. The predicted octanol–water partition coefficient (Wildman–Crippen LogP) is 2.92. The van der Waals surface area contributed by atoms with Crippen LogP contribution < -0.4 is 0 Å². The SMILES string of the molecule is Cc1oc(-c2cccs2)nc1CN1CCC(CCO)C1. The van der Waals surface area contributed by atoms with Gasteiger partial charge in [-0.15, -0.1) is 11.3 Å². The quantitative estimate of drug-likeness (QED) is 0.920. The second-order valence-electron chi connectivity index (χ2n) is 5.40. The molecule has 0 radical (unpaired) electrons. The fourth-order valence-corrected chi connectivity index (χ4v) is 3.42. The average Bonchev–Trinajstić information content (AvgIpc) is 3.13. The lowest BCUT2D eigenvalue weighted by Gasteiger charge is -2.14. The Balaban J connectivity index is 1.66. The number of aliphatic hydroxyl groups is 1. The third kappa shape index (κ3) is 2.95. The van der Waals surface area contributed by atoms with Gasteiger partial charge in [0.15, 0.2) is 0 Å². The number of aliphatic hydroxyl groups excluding tert-OH is 1. The summed E-state index contributed by atoms with van der Waals surface area (Å²) >= 11 is 1.65. The molecule has 5 heteroatoms. The first-order chi connectivity index (χ1) is 9.76. The van der Waals surface area contributed by atoms with Crippen molar-refractivity contribution in [2.75, 3.05) is 19.7 Å². The third-order valence-corrected chi connectivity index (χ3v) is 4.76. The summed E-state index contributed by atoms with van der Waals surface area (Å²) in [4.78, 5) is 8.13. The van der Waals surface area contributed by atoms with E-state index in [1.54, 1.807) is 11.3 Å². The van der Waals surface area contributed by atoms with Gasteiger partial charge in [0, 0.05) is 19.7 Å². The van der Waals surface area contributed by atoms with E-state index in [1.165, 1.54) is 6.42 Å². The van der Waals surface area contributed by atoms with Gasteiger partial charge in [0.05, 0.1) is 10.6 Å². The molecular weight excluding hydrogens is 272 g/mol. The molecule has 1 atom stereocenters. The van der Waals surface area contributed by atoms with Crippen molar-refractivity contribution in [1.29, 1.82) is 0 Å². The van der Waals surface area contributed by atoms with Gasteiger partial charge >= 0.3 is 0 Å². The minimum absolute atomic E-state index is 0.296. The van der Waals surface area contributed by atoms with Gasteiger partial charge in [0.25, 0.3) is 0 Å². The van der Waals surface area contributed by atoms with E-state index < -0.39 is 0 Å². The third-order valence-electron chi connectivity index (χ3n) is 3.91. The molecule has 0 amide bonds. The van der Waals surface area contributed by atoms with Crippen LogP contribution in [0.25, 0.3) is 10.8 Å². The summed E-state index contributed by atoms with van der Waals surface area (Å²) in [7, 11) is 0. The molecule has 0 aliphatic carbocycles. The second-order valence-corrected chi connectivity index (χ2v) is 6.35. The molecule has 0 saturated carbocycles. The summed E-state index contributed by atoms with van der Waals surface area (Å²) < 4.78 is 5.78. The molecule has 3 heterocycles. The summed E-state index contributed by atoms with van der Waals surface area (Å²) in [6.07, 6.45) is 2.09. The maximum absolute atomic E-state index is 9.01. The van der Waals surface area contributed by atoms with E-state index >= 15 is 0 Å². The molecule has 1 fully saturated rings. The zero-order chi connectivity index (χ0) is 13.9. The van der Waals surface area contributed by atoms with Crippen molar-refractivity contribution in [3.05, 3.63) is 29.0 Å². The predicted molar refractivity (Wildman–Crippen MR) is 79.6 cm³/mol. The van der Waals surface area contributed by atoms with Gasteiger partial charge in [-0.05, 0) is 43.7 Å². The molecule has 1 aliphatic rings. The first kappa shape index (κ1) is 13.8. The Morgan fingerprint density at radius 3 is 3.20 bits per heavy atom. The Labute approximate surface area is 123 Å². The number of thiophene rings is 1. The Hall–Kier alpha value is -1.17. The number of likely N-dealkylation sites (tertiary alicyclic amines) is 1. The zero-order valence-corrected chi connectivity index (χ0v) is 12.5. The van der Waals surface area contributed by atoms with Gasteiger partial charge in [-0.25, -0.2) is 4.98 Å². The maximum Gasteiger partial charge on any atom is 0.236 e. The van der Waals surface area contributed by atoms with Crippen molar-refractivity contribution >= 4 is 11.3 Å². The van der Waals surface area contributed by atoms with Crippen molar-refractivity contribution in [3.63, 3.8) is 0 Å². The lowest BCUT2D eigenvalue weighted by Crippen LogP contribution is -2.21. The van der Waals surface area contributed by atoms with Crippen molar-refractivity contribution in [3.8, 4) is 10.8 Å². The van der Waals surface area contributed by atoms with E-state index in [9.17, 15) is 0 Å². The standard InChI is InChI=1S/C15H20N2O2S/c1-11-13(10-17-6-4-12(9-17)5-7-18)16-15(19-11)14-3-2-8-20-14/h2-3,8,12,18H,4-7,9-10H2,1H3. The molecule has 0 aromatic carbocycles. The van der Waals surface area contributed by atoms with Gasteiger partial charge in [0.1, 0.15) is 5.76 Å². The van der Waals surface area contributed by atoms with Gasteiger partial charge in [-0.2, -0.15) is 0 Å². The number of hydrogen-bond donors (Lipinski definition) is 1. The Morgan fingerprint density at radius 2 is 2.45 bits per heavy atom. The lowest BCUT2D eigenvalue weighted by atomic mass is 10.1. The smallest absolute Gasteiger partial charge is 0.236 e. The summed E-state index contributed by atoms with van der Waals surface area (Å²) in [5, 5.41) is 11.0. The van der Waals surface area contributed by atoms with E-state index in [0.717, 1.165) is 48.3 Å². The van der Waals surface area contributed by atoms with Crippen LogP contribution in [-0.2, 0) is 6.54 Å². The van der Waals surface area contributed by atoms with Crippen LogP contribution in [0.2, 0.25) is 0 Å². The van der Waals surface area contributed by atoms with Gasteiger partial charge in [-0.1, -0.05) is 6.07 Å². The molecule has 0 spiro atoms. The monoisotopic (exact) mass is 292 g/mol. The first-order valence-electron chi connectivity index (χ1n) is 7.09. The molecule has 2 aromatic rings. The molecular formula is C15H20N2O2S. The highest BCUT2D eigenvalue weighted by Gasteiger charge is 2.24. The van der Waals surface area contributed by atoms with E-state index in [1.807, 2.05) is 24.4 Å². The second kappa shape index (κ2) is 6.08. The minimum Gasteiger partial charge on any atom is -0.440 e. The van der Waals surface area contributed by atoms with E-state index in [2.05, 4.69) is 9.88 Å². The largest absolute Gasteiger partial charge is 0.440 e. The molecule has 108 valence electrons. The van der Waals surface area contributed by atoms with Crippen LogP contribution in [0.4, 0.5) is 0 Å². The van der Waals surface area contributed by atoms with Crippen molar-refractivity contribution in [1.82, 2.24) is 9.88 Å². The van der Waals surface area contributed by atoms with E-state index in [4.69, 9.17) is 9.52 Å². The molecule has 1 unspecified atom stereocenters. The molecule has 1 aliphatic heterocycles. The minimum atomic E-state index is 0.296. The summed E-state index contributed by atoms with van der Waals surface area (Å²) in [6.45, 7) is 5.28. The summed E-state index contributed by atoms with van der Waals surface area (Å²) in [6, 6.07) is 4.05. The van der Waals surface area contributed by atoms with Crippen LogP contribution in [0.1, 0.15) is 24.3 Å². The Bertz CT molecular complexity index is 550. The van der Waals surface area contributed by atoms with Crippen molar-refractivity contribution < 1.29 is 9.52 Å². The molecule has 20 heavy (non-hydrogen) atoms. The van der Waals surface area contributed by atoms with Crippen LogP contribution in [0.15, 0.2) is 21.9 Å². The molecule has 3 rings (SSSR count). The zero-order valence-electron chi connectivity index (χ0n) is 11.7. The fourth-order valence-electron chi connectivity index (χ4n) is 2.77. The molecule has 1 N–H and O–H groups in total. The van der Waals surface area contributed by atoms with Crippen LogP contribution in [-0.4, -0.2) is 34.7 Å². The van der Waals surface area contributed by atoms with E-state index in [-0.39, 0.29) is 0 Å². The number of rotatable bonds is 5. The Kier molecular flexibility index (Phi) is 4.19. The van der Waals surface area contributed by atoms with Gasteiger partial charge in [0.2, 0.25) is 5.89 Å². The van der Waals surface area contributed by atoms with Crippen LogP contribution in [0.3, 0.4) is 0 Å². The van der Waals surface area contributed by atoms with Crippen LogP contribution in [0.5, 0.6) is 0 Å². The van der Waals surface area contributed by atoms with Gasteiger partial charge in [-0.3, -0.25) is 4.90 Å². The number of nitrogens with zero attached hydrogens (tertiary/aromatic N) is 2. The summed E-state index contributed by atoms with van der Waals surface area (Å²) in [5.41, 5.74) is 1.04. The molecule has 4 nitrogen and oxygen atoms in total. The topological polar surface area (TPSA) is 49.5 Å². The molecule has 0 bridgehead atoms.